The van der Waals surface area contributed by atoms with Gasteiger partial charge in [0.2, 0.25) is 0 Å². The summed E-state index contributed by atoms with van der Waals surface area (Å²) < 4.78 is 3.22. The van der Waals surface area contributed by atoms with Crippen molar-refractivity contribution in [3.63, 3.8) is 0 Å². The molecular weight excluding hydrogens is 278 g/mol. The number of pyridine rings is 1. The summed E-state index contributed by atoms with van der Waals surface area (Å²) in [6, 6.07) is 5.37. The number of hydrogen-bond donors (Lipinski definition) is 0. The normalized spacial score (nSPS) is 10.7. The average Bonchev–Trinajstić information content (AvgIpc) is 3.09. The molecule has 0 aliphatic heterocycles. The van der Waals surface area contributed by atoms with Crippen molar-refractivity contribution in [3.05, 3.63) is 53.2 Å². The van der Waals surface area contributed by atoms with E-state index in [0.29, 0.717) is 29.0 Å². The fourth-order valence-electron chi connectivity index (χ4n) is 1.90. The molecule has 3 aromatic heterocycles. The van der Waals surface area contributed by atoms with Crippen LogP contribution in [0.2, 0.25) is 5.15 Å². The zero-order valence-corrected chi connectivity index (χ0v) is 11.3. The molecule has 0 N–H and O–H groups in total. The maximum atomic E-state index is 11.2. The lowest BCUT2D eigenvalue weighted by molar-refractivity contribution is 0.112. The van der Waals surface area contributed by atoms with Gasteiger partial charge in [0.15, 0.2) is 12.1 Å². The Hall–Kier alpha value is -2.47. The molecule has 0 aliphatic carbocycles. The van der Waals surface area contributed by atoms with E-state index in [0.717, 1.165) is 0 Å². The van der Waals surface area contributed by atoms with Gasteiger partial charge >= 0.3 is 0 Å². The van der Waals surface area contributed by atoms with Crippen molar-refractivity contribution in [2.75, 3.05) is 0 Å². The molecule has 0 aromatic carbocycles. The molecule has 0 aliphatic rings. The molecule has 3 aromatic rings. The van der Waals surface area contributed by atoms with Crippen LogP contribution in [0, 0.1) is 6.92 Å². The van der Waals surface area contributed by atoms with Gasteiger partial charge in [0.05, 0.1) is 11.3 Å². The fourth-order valence-corrected chi connectivity index (χ4v) is 2.18. The number of aromatic nitrogens is 5. The molecule has 7 heteroatoms. The van der Waals surface area contributed by atoms with E-state index < -0.39 is 0 Å². The highest BCUT2D eigenvalue weighted by Crippen LogP contribution is 2.21. The summed E-state index contributed by atoms with van der Waals surface area (Å²) in [6.07, 6.45) is 5.88. The Morgan fingerprint density at radius 1 is 1.30 bits per heavy atom. The highest BCUT2D eigenvalue weighted by atomic mass is 35.5. The topological polar surface area (TPSA) is 65.6 Å². The summed E-state index contributed by atoms with van der Waals surface area (Å²) in [4.78, 5) is 15.2. The zero-order chi connectivity index (χ0) is 14.1. The molecule has 0 saturated heterocycles. The number of aryl methyl sites for hydroxylation is 1. The van der Waals surface area contributed by atoms with Gasteiger partial charge in [-0.2, -0.15) is 5.10 Å². The van der Waals surface area contributed by atoms with Crippen LogP contribution in [0.3, 0.4) is 0 Å². The molecule has 20 heavy (non-hydrogen) atoms. The third-order valence-electron chi connectivity index (χ3n) is 2.80. The average molecular weight is 288 g/mol. The predicted octanol–water partition coefficient (Wildman–Crippen LogP) is 2.23. The van der Waals surface area contributed by atoms with E-state index in [-0.39, 0.29) is 5.15 Å². The third kappa shape index (κ3) is 2.10. The molecule has 0 bridgehead atoms. The number of halogens is 1. The van der Waals surface area contributed by atoms with Gasteiger partial charge in [-0.1, -0.05) is 11.6 Å². The van der Waals surface area contributed by atoms with Crippen LogP contribution in [-0.2, 0) is 0 Å². The van der Waals surface area contributed by atoms with Crippen molar-refractivity contribution < 1.29 is 4.79 Å². The van der Waals surface area contributed by atoms with Crippen molar-refractivity contribution in [3.8, 4) is 11.5 Å². The summed E-state index contributed by atoms with van der Waals surface area (Å²) in [5, 5.41) is 8.66. The minimum atomic E-state index is 0.172. The molecule has 0 amide bonds. The van der Waals surface area contributed by atoms with Gasteiger partial charge in [-0.15, -0.1) is 5.10 Å². The van der Waals surface area contributed by atoms with Crippen LogP contribution in [0.4, 0.5) is 0 Å². The Kier molecular flexibility index (Phi) is 3.08. The van der Waals surface area contributed by atoms with Crippen LogP contribution in [0.15, 0.2) is 36.8 Å². The summed E-state index contributed by atoms with van der Waals surface area (Å²) in [5.74, 6) is 0.650. The second-order valence-electron chi connectivity index (χ2n) is 4.17. The molecule has 0 atom stereocenters. The second-order valence-corrected chi connectivity index (χ2v) is 4.53. The monoisotopic (exact) mass is 287 g/mol. The molecule has 3 rings (SSSR count). The molecule has 0 fully saturated rings. The van der Waals surface area contributed by atoms with Crippen molar-refractivity contribution in [1.29, 1.82) is 0 Å². The molecule has 3 heterocycles. The first-order chi connectivity index (χ1) is 9.69. The molecule has 0 radical (unpaired) electrons. The number of carbonyl (C=O) groups is 1. The van der Waals surface area contributed by atoms with Gasteiger partial charge in [-0.3, -0.25) is 4.79 Å². The predicted molar refractivity (Wildman–Crippen MR) is 73.6 cm³/mol. The van der Waals surface area contributed by atoms with Gasteiger partial charge < -0.3 is 0 Å². The standard InChI is InChI=1S/C13H10ClN5O/c1-9-7-11(10(8-20)13(14)16-9)18-6-3-12(17-18)19-5-2-4-15-19/h2-8H,1H3. The summed E-state index contributed by atoms with van der Waals surface area (Å²) in [7, 11) is 0. The Labute approximate surface area is 119 Å². The van der Waals surface area contributed by atoms with Gasteiger partial charge in [0, 0.05) is 30.4 Å². The lowest BCUT2D eigenvalue weighted by Gasteiger charge is -2.07. The Bertz CT molecular complexity index is 763. The third-order valence-corrected chi connectivity index (χ3v) is 3.09. The first-order valence-electron chi connectivity index (χ1n) is 5.87. The van der Waals surface area contributed by atoms with E-state index in [1.807, 2.05) is 13.0 Å². The fraction of sp³-hybridized carbons (Fsp3) is 0.0769. The number of carbonyl (C=O) groups excluding carboxylic acids is 1. The quantitative estimate of drug-likeness (QED) is 0.547. The summed E-state index contributed by atoms with van der Waals surface area (Å²) >= 11 is 5.99. The number of nitrogens with zero attached hydrogens (tertiary/aromatic N) is 5. The number of hydrogen-bond acceptors (Lipinski definition) is 4. The van der Waals surface area contributed by atoms with Crippen LogP contribution in [0.25, 0.3) is 11.5 Å². The van der Waals surface area contributed by atoms with Crippen LogP contribution in [0.5, 0.6) is 0 Å². The van der Waals surface area contributed by atoms with E-state index in [4.69, 9.17) is 11.6 Å². The largest absolute Gasteiger partial charge is 0.298 e. The molecule has 0 spiro atoms. The molecular formula is C13H10ClN5O. The van der Waals surface area contributed by atoms with Crippen molar-refractivity contribution in [2.45, 2.75) is 6.92 Å². The zero-order valence-electron chi connectivity index (χ0n) is 10.6. The second kappa shape index (κ2) is 4.90. The lowest BCUT2D eigenvalue weighted by atomic mass is 10.2. The van der Waals surface area contributed by atoms with Crippen molar-refractivity contribution >= 4 is 17.9 Å². The minimum absolute atomic E-state index is 0.172. The van der Waals surface area contributed by atoms with E-state index in [1.54, 1.807) is 40.1 Å². The smallest absolute Gasteiger partial charge is 0.175 e. The summed E-state index contributed by atoms with van der Waals surface area (Å²) in [6.45, 7) is 1.81. The Balaban J connectivity index is 2.12. The van der Waals surface area contributed by atoms with Gasteiger partial charge in [-0.05, 0) is 19.1 Å². The minimum Gasteiger partial charge on any atom is -0.298 e. The van der Waals surface area contributed by atoms with E-state index >= 15 is 0 Å². The van der Waals surface area contributed by atoms with Gasteiger partial charge in [-0.25, -0.2) is 14.3 Å². The lowest BCUT2D eigenvalue weighted by Crippen LogP contribution is -2.04. The van der Waals surface area contributed by atoms with Gasteiger partial charge in [0.25, 0.3) is 0 Å². The van der Waals surface area contributed by atoms with Gasteiger partial charge in [0.1, 0.15) is 5.15 Å². The first kappa shape index (κ1) is 12.6. The van der Waals surface area contributed by atoms with Crippen molar-refractivity contribution in [2.24, 2.45) is 0 Å². The Morgan fingerprint density at radius 2 is 2.15 bits per heavy atom. The Morgan fingerprint density at radius 3 is 2.85 bits per heavy atom. The maximum Gasteiger partial charge on any atom is 0.175 e. The van der Waals surface area contributed by atoms with E-state index in [9.17, 15) is 4.79 Å². The van der Waals surface area contributed by atoms with Crippen LogP contribution < -0.4 is 0 Å². The number of rotatable bonds is 3. The summed E-state index contributed by atoms with van der Waals surface area (Å²) in [5.41, 5.74) is 1.62. The molecule has 100 valence electrons. The number of aldehydes is 1. The highest BCUT2D eigenvalue weighted by Gasteiger charge is 2.12. The molecule has 6 nitrogen and oxygen atoms in total. The highest BCUT2D eigenvalue weighted by molar-refractivity contribution is 6.32. The maximum absolute atomic E-state index is 11.2. The van der Waals surface area contributed by atoms with Crippen molar-refractivity contribution in [1.82, 2.24) is 24.5 Å². The van der Waals surface area contributed by atoms with Crippen LogP contribution in [0.1, 0.15) is 16.1 Å². The molecule has 0 saturated carbocycles. The van der Waals surface area contributed by atoms with Crippen LogP contribution in [-0.4, -0.2) is 30.8 Å². The first-order valence-corrected chi connectivity index (χ1v) is 6.25. The molecule has 0 unspecified atom stereocenters. The van der Waals surface area contributed by atoms with E-state index in [1.165, 1.54) is 0 Å². The van der Waals surface area contributed by atoms with Crippen LogP contribution >= 0.6 is 11.6 Å². The SMILES string of the molecule is Cc1cc(-n2ccc(-n3cccn3)n2)c(C=O)c(Cl)n1. The van der Waals surface area contributed by atoms with E-state index in [2.05, 4.69) is 15.2 Å².